The van der Waals surface area contributed by atoms with Crippen LogP contribution in [-0.4, -0.2) is 25.9 Å². The molecule has 7 aromatic rings. The number of benzene rings is 5. The number of hydrogen-bond donors (Lipinski definition) is 0. The lowest BCUT2D eigenvalue weighted by molar-refractivity contribution is 0.332. The third-order valence-corrected chi connectivity index (χ3v) is 14.4. The number of aromatic nitrogens is 4. The maximum Gasteiger partial charge on any atom is 0.426 e. The van der Waals surface area contributed by atoms with Gasteiger partial charge in [0.1, 0.15) is 0 Å². The zero-order valence-electron chi connectivity index (χ0n) is 35.8. The molecule has 10 rings (SSSR count). The molecule has 0 fully saturated rings. The lowest BCUT2D eigenvalue weighted by atomic mass is 9.61. The summed E-state index contributed by atoms with van der Waals surface area (Å²) in [5.74, 6) is 1.82. The number of anilines is 3. The lowest BCUT2D eigenvalue weighted by Gasteiger charge is -2.42. The molecule has 3 aliphatic rings. The summed E-state index contributed by atoms with van der Waals surface area (Å²) in [6.07, 6.45) is 4.64. The standard InChI is InChI=1S/C51H56BN5/c1-31-25-32(2)45(33(3)26-31)52-56-43-29-39-37(48(4,5)21-23-50(39,8)9)27-41(43)53-46(56)55(36-19-17-35(18-20-36)34-15-13-12-14-16-34)47-54-42-28-38-40(30-44(42)57(47)52)51(10,11)24-22-49(38,6)7/h12-20,25-30H,21-24H2,1-11H3. The van der Waals surface area contributed by atoms with Gasteiger partial charge in [-0.15, -0.1) is 0 Å². The number of aryl methyl sites for hydroxylation is 3. The summed E-state index contributed by atoms with van der Waals surface area (Å²) < 4.78 is 5.12. The molecule has 0 atom stereocenters. The molecule has 5 aromatic carbocycles. The third-order valence-electron chi connectivity index (χ3n) is 14.4. The minimum absolute atomic E-state index is 0.0564. The topological polar surface area (TPSA) is 38.9 Å². The number of rotatable bonds is 3. The highest BCUT2D eigenvalue weighted by molar-refractivity contribution is 6.74. The largest absolute Gasteiger partial charge is 0.426 e. The maximum atomic E-state index is 5.69. The first-order valence-electron chi connectivity index (χ1n) is 21.1. The van der Waals surface area contributed by atoms with Crippen LogP contribution < -0.4 is 10.4 Å². The van der Waals surface area contributed by atoms with Gasteiger partial charge in [-0.1, -0.05) is 127 Å². The fourth-order valence-corrected chi connectivity index (χ4v) is 10.8. The molecule has 0 N–H and O–H groups in total. The Balaban J connectivity index is 1.34. The van der Waals surface area contributed by atoms with E-state index in [9.17, 15) is 0 Å². The van der Waals surface area contributed by atoms with Crippen LogP contribution in [0.2, 0.25) is 0 Å². The van der Waals surface area contributed by atoms with E-state index >= 15 is 0 Å². The van der Waals surface area contributed by atoms with Gasteiger partial charge in [-0.3, -0.25) is 4.90 Å². The van der Waals surface area contributed by atoms with E-state index in [-0.39, 0.29) is 28.6 Å². The van der Waals surface area contributed by atoms with Crippen LogP contribution >= 0.6 is 0 Å². The molecule has 57 heavy (non-hydrogen) atoms. The minimum atomic E-state index is -0.194. The van der Waals surface area contributed by atoms with Crippen molar-refractivity contribution in [1.82, 2.24) is 18.9 Å². The molecule has 0 spiro atoms. The van der Waals surface area contributed by atoms with Gasteiger partial charge in [-0.2, -0.15) is 0 Å². The number of nitrogens with zero attached hydrogens (tertiary/aromatic N) is 5. The Morgan fingerprint density at radius 1 is 0.491 bits per heavy atom. The summed E-state index contributed by atoms with van der Waals surface area (Å²) in [4.78, 5) is 13.7. The van der Waals surface area contributed by atoms with E-state index < -0.39 is 0 Å². The molecule has 0 saturated carbocycles. The molecule has 3 heterocycles. The van der Waals surface area contributed by atoms with Crippen molar-refractivity contribution in [2.75, 3.05) is 4.90 Å². The predicted molar refractivity (Wildman–Crippen MR) is 241 cm³/mol. The molecule has 288 valence electrons. The molecule has 2 aliphatic carbocycles. The quantitative estimate of drug-likeness (QED) is 0.169. The van der Waals surface area contributed by atoms with Crippen molar-refractivity contribution in [3.63, 3.8) is 0 Å². The molecular weight excluding hydrogens is 693 g/mol. The molecule has 0 unspecified atom stereocenters. The average Bonchev–Trinajstić information content (AvgIpc) is 3.72. The second-order valence-electron chi connectivity index (χ2n) is 20.3. The van der Waals surface area contributed by atoms with Crippen LogP contribution in [0.1, 0.15) is 120 Å². The van der Waals surface area contributed by atoms with Crippen LogP contribution in [0.3, 0.4) is 0 Å². The van der Waals surface area contributed by atoms with Crippen molar-refractivity contribution < 1.29 is 0 Å². The highest BCUT2D eigenvalue weighted by Crippen LogP contribution is 2.51. The Labute approximate surface area is 339 Å². The van der Waals surface area contributed by atoms with Crippen molar-refractivity contribution in [2.45, 2.75) is 124 Å². The monoisotopic (exact) mass is 749 g/mol. The molecule has 0 amide bonds. The van der Waals surface area contributed by atoms with Crippen molar-refractivity contribution in [2.24, 2.45) is 0 Å². The number of imidazole rings is 2. The molecule has 6 heteroatoms. The van der Waals surface area contributed by atoms with Gasteiger partial charge in [0.05, 0.1) is 27.8 Å². The van der Waals surface area contributed by atoms with Gasteiger partial charge in [-0.25, -0.2) is 9.97 Å². The summed E-state index contributed by atoms with van der Waals surface area (Å²) in [7, 11) is 0. The Morgan fingerprint density at radius 2 is 0.895 bits per heavy atom. The molecule has 5 nitrogen and oxygen atoms in total. The van der Waals surface area contributed by atoms with Gasteiger partial charge < -0.3 is 8.96 Å². The average molecular weight is 750 g/mol. The highest BCUT2D eigenvalue weighted by Gasteiger charge is 2.45. The van der Waals surface area contributed by atoms with Gasteiger partial charge in [0, 0.05) is 0 Å². The molecule has 0 saturated heterocycles. The number of hydrogen-bond acceptors (Lipinski definition) is 3. The van der Waals surface area contributed by atoms with E-state index in [1.165, 1.54) is 66.6 Å². The normalized spacial score (nSPS) is 18.6. The van der Waals surface area contributed by atoms with E-state index in [1.54, 1.807) is 0 Å². The van der Waals surface area contributed by atoms with Crippen LogP contribution in [-0.2, 0) is 21.7 Å². The summed E-state index contributed by atoms with van der Waals surface area (Å²) in [5.41, 5.74) is 19.1. The van der Waals surface area contributed by atoms with Crippen molar-refractivity contribution in [3.8, 4) is 11.1 Å². The van der Waals surface area contributed by atoms with E-state index in [1.807, 2.05) is 0 Å². The van der Waals surface area contributed by atoms with Gasteiger partial charge in [-0.05, 0) is 143 Å². The molecule has 1 aliphatic heterocycles. The zero-order chi connectivity index (χ0) is 40.0. The Kier molecular flexibility index (Phi) is 7.62. The summed E-state index contributed by atoms with van der Waals surface area (Å²) in [6.45, 7) is 26.0. The first-order chi connectivity index (χ1) is 26.9. The van der Waals surface area contributed by atoms with Crippen LogP contribution in [0.25, 0.3) is 33.2 Å². The van der Waals surface area contributed by atoms with E-state index in [2.05, 4.69) is 181 Å². The summed E-state index contributed by atoms with van der Waals surface area (Å²) in [5, 5.41) is 0. The Hall–Kier alpha value is -5.10. The van der Waals surface area contributed by atoms with Crippen LogP contribution in [0.15, 0.2) is 91.0 Å². The second-order valence-corrected chi connectivity index (χ2v) is 20.3. The van der Waals surface area contributed by atoms with Crippen molar-refractivity contribution >= 4 is 52.1 Å². The van der Waals surface area contributed by atoms with Crippen molar-refractivity contribution in [1.29, 1.82) is 0 Å². The summed E-state index contributed by atoms with van der Waals surface area (Å²) in [6, 6.07) is 34.3. The van der Waals surface area contributed by atoms with Crippen LogP contribution in [0.5, 0.6) is 0 Å². The molecule has 0 bridgehead atoms. The number of fused-ring (bicyclic) bond motifs is 8. The second kappa shape index (κ2) is 12.0. The smallest absolute Gasteiger partial charge is 0.329 e. The van der Waals surface area contributed by atoms with E-state index in [0.29, 0.717) is 0 Å². The predicted octanol–water partition coefficient (Wildman–Crippen LogP) is 12.3. The van der Waals surface area contributed by atoms with Crippen LogP contribution in [0, 0.1) is 20.8 Å². The molecule has 2 aromatic heterocycles. The third kappa shape index (κ3) is 5.35. The first-order valence-corrected chi connectivity index (χ1v) is 21.1. The zero-order valence-corrected chi connectivity index (χ0v) is 35.8. The lowest BCUT2D eigenvalue weighted by Crippen LogP contribution is -2.52. The van der Waals surface area contributed by atoms with E-state index in [0.717, 1.165) is 54.3 Å². The van der Waals surface area contributed by atoms with E-state index in [4.69, 9.17) is 9.97 Å². The fourth-order valence-electron chi connectivity index (χ4n) is 10.8. The van der Waals surface area contributed by atoms with Gasteiger partial charge >= 0.3 is 6.98 Å². The van der Waals surface area contributed by atoms with Gasteiger partial charge in [0.15, 0.2) is 0 Å². The van der Waals surface area contributed by atoms with Crippen molar-refractivity contribution in [3.05, 3.63) is 130 Å². The highest BCUT2D eigenvalue weighted by atomic mass is 15.4. The fraction of sp³-hybridized carbons (Fsp3) is 0.373. The Bertz CT molecular complexity index is 2630. The van der Waals surface area contributed by atoms with Gasteiger partial charge in [0.25, 0.3) is 0 Å². The molecule has 0 radical (unpaired) electrons. The molecular formula is C51H56BN5. The Morgan fingerprint density at radius 3 is 1.33 bits per heavy atom. The van der Waals surface area contributed by atoms with Crippen LogP contribution in [0.4, 0.5) is 17.6 Å². The first kappa shape index (κ1) is 36.3. The summed E-state index contributed by atoms with van der Waals surface area (Å²) >= 11 is 0. The van der Waals surface area contributed by atoms with Gasteiger partial charge in [0.2, 0.25) is 11.9 Å². The maximum absolute atomic E-state index is 5.69. The minimum Gasteiger partial charge on any atom is -0.329 e. The SMILES string of the molecule is Cc1cc(C)c(B2n3c(nc4cc5c(cc43)C(C)(C)CCC5(C)C)N(c3ccc(-c4ccccc4)cc3)c3nc4cc5c(cc4n32)C(C)(C)CCC5(C)C)c(C)c1.